The second-order valence-electron chi connectivity index (χ2n) is 6.36. The molecule has 1 saturated heterocycles. The van der Waals surface area contributed by atoms with Crippen molar-refractivity contribution >= 4 is 5.96 Å². The second-order valence-corrected chi connectivity index (χ2v) is 6.36. The molecule has 0 amide bonds. The van der Waals surface area contributed by atoms with E-state index in [0.717, 1.165) is 31.5 Å². The zero-order valence-electron chi connectivity index (χ0n) is 14.2. The first-order valence-electron chi connectivity index (χ1n) is 8.40. The molecule has 1 aliphatic rings. The lowest BCUT2D eigenvalue weighted by atomic mass is 9.99. The molecule has 1 aliphatic heterocycles. The van der Waals surface area contributed by atoms with Crippen molar-refractivity contribution < 1.29 is 0 Å². The fourth-order valence-electron chi connectivity index (χ4n) is 2.73. The number of benzene rings is 1. The van der Waals surface area contributed by atoms with Crippen molar-refractivity contribution in [1.29, 1.82) is 0 Å². The van der Waals surface area contributed by atoms with Crippen LogP contribution in [0.4, 0.5) is 0 Å². The number of guanidine groups is 1. The van der Waals surface area contributed by atoms with Gasteiger partial charge >= 0.3 is 0 Å². The molecular formula is C18H30N4. The van der Waals surface area contributed by atoms with Crippen LogP contribution >= 0.6 is 0 Å². The van der Waals surface area contributed by atoms with E-state index in [1.54, 1.807) is 0 Å². The highest BCUT2D eigenvalue weighted by Crippen LogP contribution is 2.15. The number of hydrogen-bond acceptors (Lipinski definition) is 2. The SMILES string of the molecule is CN=C(NCCN1CCC(C)CC1)NCc1ccc(C)cc1. The Kier molecular flexibility index (Phi) is 6.72. The molecule has 4 nitrogen and oxygen atoms in total. The van der Waals surface area contributed by atoms with Crippen LogP contribution in [0.15, 0.2) is 29.3 Å². The number of aliphatic imine (C=N–C) groups is 1. The lowest BCUT2D eigenvalue weighted by Gasteiger charge is -2.30. The molecule has 0 spiro atoms. The van der Waals surface area contributed by atoms with E-state index >= 15 is 0 Å². The van der Waals surface area contributed by atoms with Crippen LogP contribution in [0, 0.1) is 12.8 Å². The van der Waals surface area contributed by atoms with Crippen LogP contribution in [-0.2, 0) is 6.54 Å². The summed E-state index contributed by atoms with van der Waals surface area (Å²) < 4.78 is 0. The molecule has 4 heteroatoms. The molecule has 1 fully saturated rings. The van der Waals surface area contributed by atoms with Gasteiger partial charge in [0.1, 0.15) is 0 Å². The van der Waals surface area contributed by atoms with E-state index in [1.165, 1.54) is 37.1 Å². The molecule has 0 radical (unpaired) electrons. The molecule has 2 N–H and O–H groups in total. The lowest BCUT2D eigenvalue weighted by Crippen LogP contribution is -2.43. The van der Waals surface area contributed by atoms with Crippen LogP contribution in [0.2, 0.25) is 0 Å². The Labute approximate surface area is 135 Å². The van der Waals surface area contributed by atoms with Gasteiger partial charge < -0.3 is 15.5 Å². The van der Waals surface area contributed by atoms with Gasteiger partial charge in [0.15, 0.2) is 5.96 Å². The van der Waals surface area contributed by atoms with Gasteiger partial charge in [0, 0.05) is 26.7 Å². The Hall–Kier alpha value is -1.55. The van der Waals surface area contributed by atoms with E-state index in [0.29, 0.717) is 0 Å². The van der Waals surface area contributed by atoms with Crippen LogP contribution in [0.25, 0.3) is 0 Å². The summed E-state index contributed by atoms with van der Waals surface area (Å²) in [5.41, 5.74) is 2.57. The minimum absolute atomic E-state index is 0.807. The van der Waals surface area contributed by atoms with Crippen LogP contribution in [-0.4, -0.2) is 44.1 Å². The first-order chi connectivity index (χ1) is 10.7. The smallest absolute Gasteiger partial charge is 0.191 e. The van der Waals surface area contributed by atoms with Gasteiger partial charge in [0.05, 0.1) is 0 Å². The van der Waals surface area contributed by atoms with Crippen LogP contribution in [0.1, 0.15) is 30.9 Å². The van der Waals surface area contributed by atoms with Crippen LogP contribution in [0.3, 0.4) is 0 Å². The normalized spacial score (nSPS) is 17.5. The number of aryl methyl sites for hydroxylation is 1. The summed E-state index contributed by atoms with van der Waals surface area (Å²) in [6, 6.07) is 8.60. The van der Waals surface area contributed by atoms with Gasteiger partial charge in [0.25, 0.3) is 0 Å². The quantitative estimate of drug-likeness (QED) is 0.648. The lowest BCUT2D eigenvalue weighted by molar-refractivity contribution is 0.195. The van der Waals surface area contributed by atoms with Gasteiger partial charge in [-0.05, 0) is 44.3 Å². The highest BCUT2D eigenvalue weighted by Gasteiger charge is 2.14. The summed E-state index contributed by atoms with van der Waals surface area (Å²) in [4.78, 5) is 6.83. The van der Waals surface area contributed by atoms with E-state index in [-0.39, 0.29) is 0 Å². The third-order valence-electron chi connectivity index (χ3n) is 4.40. The van der Waals surface area contributed by atoms with Gasteiger partial charge in [-0.3, -0.25) is 4.99 Å². The fraction of sp³-hybridized carbons (Fsp3) is 0.611. The first kappa shape index (κ1) is 16.8. The van der Waals surface area contributed by atoms with Gasteiger partial charge in [-0.2, -0.15) is 0 Å². The Bertz CT molecular complexity index is 458. The minimum atomic E-state index is 0.807. The summed E-state index contributed by atoms with van der Waals surface area (Å²) in [7, 11) is 1.83. The monoisotopic (exact) mass is 302 g/mol. The molecule has 22 heavy (non-hydrogen) atoms. The van der Waals surface area contributed by atoms with Crippen LogP contribution < -0.4 is 10.6 Å². The predicted molar refractivity (Wildman–Crippen MR) is 94.2 cm³/mol. The standard InChI is InChI=1S/C18H30N4/c1-15-4-6-17(7-5-15)14-21-18(19-3)20-10-13-22-11-8-16(2)9-12-22/h4-7,16H,8-14H2,1-3H3,(H2,19,20,21). The molecule has 1 aromatic carbocycles. The van der Waals surface area contributed by atoms with E-state index < -0.39 is 0 Å². The van der Waals surface area contributed by atoms with Gasteiger partial charge in [-0.1, -0.05) is 36.8 Å². The number of nitrogens with one attached hydrogen (secondary N) is 2. The summed E-state index contributed by atoms with van der Waals surface area (Å²) in [6.45, 7) is 9.78. The maximum absolute atomic E-state index is 4.29. The summed E-state index contributed by atoms with van der Waals surface area (Å²) in [5.74, 6) is 1.78. The summed E-state index contributed by atoms with van der Waals surface area (Å²) in [5, 5.41) is 6.78. The van der Waals surface area contributed by atoms with E-state index in [9.17, 15) is 0 Å². The van der Waals surface area contributed by atoms with Crippen molar-refractivity contribution in [3.8, 4) is 0 Å². The summed E-state index contributed by atoms with van der Waals surface area (Å²) in [6.07, 6.45) is 2.67. The molecule has 2 rings (SSSR count). The zero-order valence-corrected chi connectivity index (χ0v) is 14.2. The Balaban J connectivity index is 1.66. The molecule has 0 saturated carbocycles. The molecule has 1 heterocycles. The van der Waals surface area contributed by atoms with E-state index in [2.05, 4.69) is 58.6 Å². The Morgan fingerprint density at radius 2 is 1.86 bits per heavy atom. The maximum Gasteiger partial charge on any atom is 0.191 e. The molecule has 122 valence electrons. The average Bonchev–Trinajstić information content (AvgIpc) is 2.54. The number of piperidine rings is 1. The van der Waals surface area contributed by atoms with Gasteiger partial charge in [-0.25, -0.2) is 0 Å². The zero-order chi connectivity index (χ0) is 15.8. The maximum atomic E-state index is 4.29. The topological polar surface area (TPSA) is 39.7 Å². The molecule has 0 bridgehead atoms. The van der Waals surface area contributed by atoms with E-state index in [1.807, 2.05) is 7.05 Å². The van der Waals surface area contributed by atoms with Crippen molar-refractivity contribution in [1.82, 2.24) is 15.5 Å². The van der Waals surface area contributed by atoms with Gasteiger partial charge in [0.2, 0.25) is 0 Å². The molecule has 0 aliphatic carbocycles. The second kappa shape index (κ2) is 8.79. The van der Waals surface area contributed by atoms with Gasteiger partial charge in [-0.15, -0.1) is 0 Å². The van der Waals surface area contributed by atoms with Crippen molar-refractivity contribution in [3.05, 3.63) is 35.4 Å². The third kappa shape index (κ3) is 5.68. The van der Waals surface area contributed by atoms with Crippen molar-refractivity contribution in [2.75, 3.05) is 33.2 Å². The van der Waals surface area contributed by atoms with Crippen molar-refractivity contribution in [3.63, 3.8) is 0 Å². The fourth-order valence-corrected chi connectivity index (χ4v) is 2.73. The number of likely N-dealkylation sites (tertiary alicyclic amines) is 1. The Morgan fingerprint density at radius 1 is 1.18 bits per heavy atom. The van der Waals surface area contributed by atoms with Crippen LogP contribution in [0.5, 0.6) is 0 Å². The third-order valence-corrected chi connectivity index (χ3v) is 4.40. The van der Waals surface area contributed by atoms with Crippen molar-refractivity contribution in [2.45, 2.75) is 33.2 Å². The molecular weight excluding hydrogens is 272 g/mol. The first-order valence-corrected chi connectivity index (χ1v) is 8.40. The Morgan fingerprint density at radius 3 is 2.50 bits per heavy atom. The highest BCUT2D eigenvalue weighted by atomic mass is 15.2. The number of hydrogen-bond donors (Lipinski definition) is 2. The number of rotatable bonds is 5. The average molecular weight is 302 g/mol. The number of nitrogens with zero attached hydrogens (tertiary/aromatic N) is 2. The molecule has 0 atom stereocenters. The van der Waals surface area contributed by atoms with E-state index in [4.69, 9.17) is 0 Å². The molecule has 1 aromatic rings. The molecule has 0 unspecified atom stereocenters. The minimum Gasteiger partial charge on any atom is -0.355 e. The molecule has 0 aromatic heterocycles. The summed E-state index contributed by atoms with van der Waals surface area (Å²) >= 11 is 0. The largest absolute Gasteiger partial charge is 0.355 e. The predicted octanol–water partition coefficient (Wildman–Crippen LogP) is 2.39. The highest BCUT2D eigenvalue weighted by molar-refractivity contribution is 5.79. The van der Waals surface area contributed by atoms with Crippen molar-refractivity contribution in [2.24, 2.45) is 10.9 Å².